The molecule has 102 valence electrons. The molecule has 20 heavy (non-hydrogen) atoms. The maximum absolute atomic E-state index is 14.0. The molecule has 0 unspecified atom stereocenters. The second-order valence-electron chi connectivity index (χ2n) is 4.42. The van der Waals surface area contributed by atoms with Crippen molar-refractivity contribution in [1.82, 2.24) is 4.98 Å². The lowest BCUT2D eigenvalue weighted by atomic mass is 10.1. The van der Waals surface area contributed by atoms with Crippen LogP contribution in [0.25, 0.3) is 10.2 Å². The molecule has 0 spiro atoms. The Balaban J connectivity index is 1.90. The molecule has 3 rings (SSSR count). The molecular weight excluding hydrogens is 293 g/mol. The number of para-hydroxylation sites is 1. The van der Waals surface area contributed by atoms with Crippen molar-refractivity contribution >= 4 is 33.3 Å². The van der Waals surface area contributed by atoms with Crippen LogP contribution in [0.1, 0.15) is 18.6 Å². The third-order valence-electron chi connectivity index (χ3n) is 2.91. The van der Waals surface area contributed by atoms with E-state index in [9.17, 15) is 9.50 Å². The quantitative estimate of drug-likeness (QED) is 0.765. The number of fused-ring (bicyclic) bond motifs is 1. The number of aliphatic hydroxyl groups excluding tert-OH is 1. The molecule has 1 aromatic heterocycles. The topological polar surface area (TPSA) is 33.1 Å². The van der Waals surface area contributed by atoms with Gasteiger partial charge < -0.3 is 5.11 Å². The van der Waals surface area contributed by atoms with Crippen molar-refractivity contribution in [3.8, 4) is 0 Å². The minimum absolute atomic E-state index is 0.326. The molecule has 0 aliphatic carbocycles. The van der Waals surface area contributed by atoms with Crippen molar-refractivity contribution in [2.45, 2.75) is 22.3 Å². The number of aliphatic hydroxyl groups is 1. The Kier molecular flexibility index (Phi) is 3.74. The maximum atomic E-state index is 14.0. The van der Waals surface area contributed by atoms with Crippen LogP contribution in [0.3, 0.4) is 0 Å². The molecule has 0 amide bonds. The molecule has 0 fully saturated rings. The summed E-state index contributed by atoms with van der Waals surface area (Å²) in [5.41, 5.74) is 1.51. The van der Waals surface area contributed by atoms with E-state index in [4.69, 9.17) is 0 Å². The van der Waals surface area contributed by atoms with Crippen molar-refractivity contribution in [1.29, 1.82) is 0 Å². The predicted molar refractivity (Wildman–Crippen MR) is 80.8 cm³/mol. The summed E-state index contributed by atoms with van der Waals surface area (Å²) in [7, 11) is 0. The normalized spacial score (nSPS) is 12.8. The van der Waals surface area contributed by atoms with Gasteiger partial charge in [0.2, 0.25) is 0 Å². The number of thiazole rings is 1. The van der Waals surface area contributed by atoms with Crippen LogP contribution >= 0.6 is 23.1 Å². The third kappa shape index (κ3) is 2.70. The van der Waals surface area contributed by atoms with Gasteiger partial charge in [0, 0.05) is 0 Å². The van der Waals surface area contributed by atoms with Gasteiger partial charge in [-0.25, -0.2) is 9.37 Å². The molecular formula is C15H12FNOS2. The van der Waals surface area contributed by atoms with E-state index in [0.717, 1.165) is 14.6 Å². The lowest BCUT2D eigenvalue weighted by Crippen LogP contribution is -1.92. The van der Waals surface area contributed by atoms with Crippen molar-refractivity contribution < 1.29 is 9.50 Å². The van der Waals surface area contributed by atoms with Crippen molar-refractivity contribution in [3.05, 3.63) is 53.8 Å². The number of benzene rings is 2. The molecule has 1 N–H and O–H groups in total. The Morgan fingerprint density at radius 2 is 2.05 bits per heavy atom. The van der Waals surface area contributed by atoms with Gasteiger partial charge in [0.05, 0.1) is 21.2 Å². The second-order valence-corrected chi connectivity index (χ2v) is 6.74. The molecule has 1 atom stereocenters. The molecule has 0 radical (unpaired) electrons. The zero-order valence-corrected chi connectivity index (χ0v) is 12.3. The first-order chi connectivity index (χ1) is 9.63. The van der Waals surface area contributed by atoms with E-state index in [1.807, 2.05) is 24.3 Å². The van der Waals surface area contributed by atoms with Gasteiger partial charge in [-0.05, 0) is 36.8 Å². The molecule has 0 bridgehead atoms. The highest BCUT2D eigenvalue weighted by atomic mass is 32.2. The SMILES string of the molecule is C[C@@H](O)c1ccc(Sc2nc3ccccc3s2)c(F)c1. The Labute approximate surface area is 124 Å². The number of aromatic nitrogens is 1. The zero-order chi connectivity index (χ0) is 14.1. The minimum atomic E-state index is -0.661. The summed E-state index contributed by atoms with van der Waals surface area (Å²) in [5.74, 6) is -0.326. The van der Waals surface area contributed by atoms with Crippen LogP contribution in [0.15, 0.2) is 51.7 Å². The molecule has 0 aliphatic heterocycles. The number of halogens is 1. The van der Waals surface area contributed by atoms with Crippen LogP contribution < -0.4 is 0 Å². The standard InChI is InChI=1S/C15H12FNOS2/c1-9(18)10-6-7-13(11(16)8-10)19-15-17-12-4-2-3-5-14(12)20-15/h2-9,18H,1H3/t9-/m1/s1. The van der Waals surface area contributed by atoms with Gasteiger partial charge in [-0.2, -0.15) is 0 Å². The minimum Gasteiger partial charge on any atom is -0.389 e. The fourth-order valence-corrected chi connectivity index (χ4v) is 3.88. The average Bonchev–Trinajstić information content (AvgIpc) is 2.83. The highest BCUT2D eigenvalue weighted by Crippen LogP contribution is 2.36. The maximum Gasteiger partial charge on any atom is 0.156 e. The molecule has 3 aromatic rings. The summed E-state index contributed by atoms with van der Waals surface area (Å²) in [6.07, 6.45) is -0.661. The van der Waals surface area contributed by atoms with Crippen LogP contribution in [-0.2, 0) is 0 Å². The summed E-state index contributed by atoms with van der Waals surface area (Å²) in [5, 5.41) is 9.44. The van der Waals surface area contributed by atoms with E-state index in [0.29, 0.717) is 10.5 Å². The lowest BCUT2D eigenvalue weighted by molar-refractivity contribution is 0.198. The molecule has 0 saturated carbocycles. The zero-order valence-electron chi connectivity index (χ0n) is 10.7. The van der Waals surface area contributed by atoms with Crippen molar-refractivity contribution in [3.63, 3.8) is 0 Å². The van der Waals surface area contributed by atoms with E-state index in [1.165, 1.54) is 17.8 Å². The molecule has 0 aliphatic rings. The fraction of sp³-hybridized carbons (Fsp3) is 0.133. The summed E-state index contributed by atoms with van der Waals surface area (Å²) in [6.45, 7) is 1.62. The largest absolute Gasteiger partial charge is 0.389 e. The van der Waals surface area contributed by atoms with Gasteiger partial charge in [-0.1, -0.05) is 30.0 Å². The molecule has 0 saturated heterocycles. The number of hydrogen-bond acceptors (Lipinski definition) is 4. The second kappa shape index (κ2) is 5.52. The van der Waals surface area contributed by atoms with Crippen LogP contribution in [0.4, 0.5) is 4.39 Å². The van der Waals surface area contributed by atoms with E-state index in [1.54, 1.807) is 30.4 Å². The first-order valence-corrected chi connectivity index (χ1v) is 7.78. The van der Waals surface area contributed by atoms with E-state index in [-0.39, 0.29) is 5.82 Å². The molecule has 2 aromatic carbocycles. The Morgan fingerprint density at radius 3 is 2.75 bits per heavy atom. The molecule has 1 heterocycles. The summed E-state index contributed by atoms with van der Waals surface area (Å²) in [4.78, 5) is 4.99. The van der Waals surface area contributed by atoms with Gasteiger partial charge in [0.25, 0.3) is 0 Å². The van der Waals surface area contributed by atoms with Crippen molar-refractivity contribution in [2.24, 2.45) is 0 Å². The van der Waals surface area contributed by atoms with Crippen LogP contribution in [0.5, 0.6) is 0 Å². The molecule has 5 heteroatoms. The third-order valence-corrected chi connectivity index (χ3v) is 5.06. The van der Waals surface area contributed by atoms with E-state index >= 15 is 0 Å². The van der Waals surface area contributed by atoms with Gasteiger partial charge >= 0.3 is 0 Å². The van der Waals surface area contributed by atoms with Gasteiger partial charge in [0.1, 0.15) is 5.82 Å². The number of rotatable bonds is 3. The smallest absolute Gasteiger partial charge is 0.156 e. The highest BCUT2D eigenvalue weighted by molar-refractivity contribution is 8.01. The van der Waals surface area contributed by atoms with Crippen LogP contribution in [-0.4, -0.2) is 10.1 Å². The van der Waals surface area contributed by atoms with Crippen molar-refractivity contribution in [2.75, 3.05) is 0 Å². The monoisotopic (exact) mass is 305 g/mol. The first kappa shape index (κ1) is 13.5. The Hall–Kier alpha value is -1.43. The lowest BCUT2D eigenvalue weighted by Gasteiger charge is -2.06. The average molecular weight is 305 g/mol. The van der Waals surface area contributed by atoms with Crippen LogP contribution in [0, 0.1) is 5.82 Å². The summed E-state index contributed by atoms with van der Waals surface area (Å²) >= 11 is 2.86. The number of nitrogens with zero attached hydrogens (tertiary/aromatic N) is 1. The van der Waals surface area contributed by atoms with Crippen LogP contribution in [0.2, 0.25) is 0 Å². The van der Waals surface area contributed by atoms with Gasteiger partial charge in [-0.3, -0.25) is 0 Å². The fourth-order valence-electron chi connectivity index (χ4n) is 1.85. The summed E-state index contributed by atoms with van der Waals surface area (Å²) in [6, 6.07) is 12.7. The number of hydrogen-bond donors (Lipinski definition) is 1. The van der Waals surface area contributed by atoms with Gasteiger partial charge in [0.15, 0.2) is 4.34 Å². The molecule has 2 nitrogen and oxygen atoms in total. The Bertz CT molecular complexity index is 721. The van der Waals surface area contributed by atoms with E-state index < -0.39 is 6.10 Å². The highest BCUT2D eigenvalue weighted by Gasteiger charge is 2.11. The Morgan fingerprint density at radius 1 is 1.25 bits per heavy atom. The predicted octanol–water partition coefficient (Wildman–Crippen LogP) is 4.64. The van der Waals surface area contributed by atoms with E-state index in [2.05, 4.69) is 4.98 Å². The first-order valence-electron chi connectivity index (χ1n) is 6.14. The van der Waals surface area contributed by atoms with Gasteiger partial charge in [-0.15, -0.1) is 11.3 Å². The summed E-state index contributed by atoms with van der Waals surface area (Å²) < 4.78 is 15.9.